The summed E-state index contributed by atoms with van der Waals surface area (Å²) in [5.41, 5.74) is 1.81. The molecule has 0 aliphatic carbocycles. The van der Waals surface area contributed by atoms with E-state index < -0.39 is 0 Å². The van der Waals surface area contributed by atoms with E-state index in [0.29, 0.717) is 18.4 Å². The van der Waals surface area contributed by atoms with Crippen molar-refractivity contribution < 1.29 is 4.79 Å². The lowest BCUT2D eigenvalue weighted by molar-refractivity contribution is 0.0989. The van der Waals surface area contributed by atoms with Gasteiger partial charge in [0.25, 0.3) is 0 Å². The molecule has 0 saturated carbocycles. The zero-order chi connectivity index (χ0) is 13.0. The van der Waals surface area contributed by atoms with Crippen LogP contribution in [0.25, 0.3) is 0 Å². The number of para-hydroxylation sites is 1. The molecule has 2 atom stereocenters. The number of ketones is 1. The number of hydrogen-bond donors (Lipinski definition) is 2. The maximum absolute atomic E-state index is 11.9. The van der Waals surface area contributed by atoms with Gasteiger partial charge in [-0.25, -0.2) is 0 Å². The van der Waals surface area contributed by atoms with Gasteiger partial charge in [0.05, 0.1) is 0 Å². The maximum atomic E-state index is 11.9. The van der Waals surface area contributed by atoms with Gasteiger partial charge in [-0.1, -0.05) is 26.0 Å². The lowest BCUT2D eigenvalue weighted by atomic mass is 9.94. The average Bonchev–Trinajstić information content (AvgIpc) is 2.41. The number of piperidine rings is 1. The van der Waals surface area contributed by atoms with E-state index >= 15 is 0 Å². The highest BCUT2D eigenvalue weighted by atomic mass is 16.1. The molecule has 1 aliphatic heterocycles. The first-order valence-corrected chi connectivity index (χ1v) is 6.82. The number of rotatable bonds is 4. The van der Waals surface area contributed by atoms with Crippen molar-refractivity contribution in [1.82, 2.24) is 5.32 Å². The van der Waals surface area contributed by atoms with E-state index in [1.165, 1.54) is 0 Å². The van der Waals surface area contributed by atoms with Crippen LogP contribution >= 0.6 is 0 Å². The van der Waals surface area contributed by atoms with Gasteiger partial charge >= 0.3 is 0 Å². The summed E-state index contributed by atoms with van der Waals surface area (Å²) in [6.07, 6.45) is 1.66. The largest absolute Gasteiger partial charge is 0.381 e. The minimum absolute atomic E-state index is 0.208. The number of anilines is 1. The van der Waals surface area contributed by atoms with Crippen molar-refractivity contribution in [2.45, 2.75) is 32.7 Å². The molecular weight excluding hydrogens is 224 g/mol. The third-order valence-corrected chi connectivity index (χ3v) is 3.67. The first kappa shape index (κ1) is 13.1. The Bertz CT molecular complexity index is 417. The van der Waals surface area contributed by atoms with Crippen LogP contribution in [0.3, 0.4) is 0 Å². The molecule has 98 valence electrons. The number of carbonyl (C=O) groups excluding carboxylic acids is 1. The predicted molar refractivity (Wildman–Crippen MR) is 75.1 cm³/mol. The predicted octanol–water partition coefficient (Wildman–Crippen LogP) is 2.69. The fourth-order valence-electron chi connectivity index (χ4n) is 2.47. The Morgan fingerprint density at radius 2 is 2.22 bits per heavy atom. The number of Topliss-reactive ketones (excluding diaryl/α,β-unsaturated/α-hetero) is 1. The minimum atomic E-state index is 0.208. The second-order valence-electron chi connectivity index (χ2n) is 5.04. The standard InChI is InChI=1S/C15H22N2O/c1-3-15(18)12-6-4-5-7-14(12)17-13-8-9-16-10-11(13)2/h4-7,11,13,16-17H,3,8-10H2,1-2H3. The van der Waals surface area contributed by atoms with Gasteiger partial charge in [-0.05, 0) is 37.6 Å². The number of nitrogens with one attached hydrogen (secondary N) is 2. The van der Waals surface area contributed by atoms with Gasteiger partial charge in [0.2, 0.25) is 0 Å². The Hall–Kier alpha value is -1.35. The van der Waals surface area contributed by atoms with Crippen molar-refractivity contribution in [1.29, 1.82) is 0 Å². The fraction of sp³-hybridized carbons (Fsp3) is 0.533. The minimum Gasteiger partial charge on any atom is -0.381 e. The van der Waals surface area contributed by atoms with Crippen LogP contribution in [0.4, 0.5) is 5.69 Å². The highest BCUT2D eigenvalue weighted by molar-refractivity contribution is 6.01. The molecule has 2 rings (SSSR count). The van der Waals surface area contributed by atoms with Gasteiger partial charge in [0.15, 0.2) is 5.78 Å². The van der Waals surface area contributed by atoms with Crippen molar-refractivity contribution >= 4 is 11.5 Å². The second kappa shape index (κ2) is 6.01. The van der Waals surface area contributed by atoms with Crippen LogP contribution in [-0.2, 0) is 0 Å². The van der Waals surface area contributed by atoms with Gasteiger partial charge in [-0.3, -0.25) is 4.79 Å². The summed E-state index contributed by atoms with van der Waals surface area (Å²) in [4.78, 5) is 11.9. The van der Waals surface area contributed by atoms with Crippen LogP contribution in [0.5, 0.6) is 0 Å². The Morgan fingerprint density at radius 1 is 1.44 bits per heavy atom. The van der Waals surface area contributed by atoms with Gasteiger partial charge in [0.1, 0.15) is 0 Å². The van der Waals surface area contributed by atoms with Crippen LogP contribution in [0.1, 0.15) is 37.0 Å². The van der Waals surface area contributed by atoms with Crippen molar-refractivity contribution in [3.05, 3.63) is 29.8 Å². The van der Waals surface area contributed by atoms with Crippen molar-refractivity contribution in [3.63, 3.8) is 0 Å². The summed E-state index contributed by atoms with van der Waals surface area (Å²) in [7, 11) is 0. The zero-order valence-electron chi connectivity index (χ0n) is 11.2. The SMILES string of the molecule is CCC(=O)c1ccccc1NC1CCNCC1C. The molecule has 1 saturated heterocycles. The van der Waals surface area contributed by atoms with Crippen molar-refractivity contribution in [3.8, 4) is 0 Å². The average molecular weight is 246 g/mol. The molecular formula is C15H22N2O. The molecule has 0 aromatic heterocycles. The van der Waals surface area contributed by atoms with E-state index in [1.54, 1.807) is 0 Å². The van der Waals surface area contributed by atoms with Crippen LogP contribution < -0.4 is 10.6 Å². The Kier molecular flexibility index (Phi) is 4.37. The molecule has 0 spiro atoms. The smallest absolute Gasteiger partial charge is 0.164 e. The fourth-order valence-corrected chi connectivity index (χ4v) is 2.47. The first-order valence-electron chi connectivity index (χ1n) is 6.82. The molecule has 0 radical (unpaired) electrons. The van der Waals surface area contributed by atoms with Crippen LogP contribution in [0, 0.1) is 5.92 Å². The molecule has 1 aromatic carbocycles. The summed E-state index contributed by atoms with van der Waals surface area (Å²) in [6.45, 7) is 6.24. The third-order valence-electron chi connectivity index (χ3n) is 3.67. The summed E-state index contributed by atoms with van der Waals surface area (Å²) in [5, 5.41) is 6.95. The van der Waals surface area contributed by atoms with Gasteiger partial charge in [-0.15, -0.1) is 0 Å². The lowest BCUT2D eigenvalue weighted by Crippen LogP contribution is -2.42. The molecule has 1 heterocycles. The number of carbonyl (C=O) groups is 1. The van der Waals surface area contributed by atoms with Crippen LogP contribution in [0.2, 0.25) is 0 Å². The van der Waals surface area contributed by atoms with Crippen LogP contribution in [-0.4, -0.2) is 24.9 Å². The van der Waals surface area contributed by atoms with E-state index in [2.05, 4.69) is 17.6 Å². The molecule has 1 fully saturated rings. The van der Waals surface area contributed by atoms with Crippen molar-refractivity contribution in [2.24, 2.45) is 5.92 Å². The summed E-state index contributed by atoms with van der Waals surface area (Å²) in [5.74, 6) is 0.795. The third kappa shape index (κ3) is 2.91. The van der Waals surface area contributed by atoms with Crippen molar-refractivity contribution in [2.75, 3.05) is 18.4 Å². The molecule has 3 nitrogen and oxygen atoms in total. The Labute approximate surface area is 109 Å². The first-order chi connectivity index (χ1) is 8.72. The normalized spacial score (nSPS) is 23.7. The molecule has 1 aromatic rings. The quantitative estimate of drug-likeness (QED) is 0.803. The van der Waals surface area contributed by atoms with Gasteiger partial charge < -0.3 is 10.6 Å². The van der Waals surface area contributed by atoms with Gasteiger partial charge in [-0.2, -0.15) is 0 Å². The Morgan fingerprint density at radius 3 is 2.94 bits per heavy atom. The summed E-state index contributed by atoms with van der Waals surface area (Å²) >= 11 is 0. The number of benzene rings is 1. The van der Waals surface area contributed by atoms with E-state index in [0.717, 1.165) is 30.8 Å². The molecule has 2 unspecified atom stereocenters. The maximum Gasteiger partial charge on any atom is 0.164 e. The molecule has 18 heavy (non-hydrogen) atoms. The highest BCUT2D eigenvalue weighted by Crippen LogP contribution is 2.22. The number of hydrogen-bond acceptors (Lipinski definition) is 3. The molecule has 2 N–H and O–H groups in total. The lowest BCUT2D eigenvalue weighted by Gasteiger charge is -2.31. The van der Waals surface area contributed by atoms with E-state index in [1.807, 2.05) is 31.2 Å². The zero-order valence-corrected chi connectivity index (χ0v) is 11.2. The summed E-state index contributed by atoms with van der Waals surface area (Å²) < 4.78 is 0. The highest BCUT2D eigenvalue weighted by Gasteiger charge is 2.22. The van der Waals surface area contributed by atoms with E-state index in [-0.39, 0.29) is 5.78 Å². The summed E-state index contributed by atoms with van der Waals surface area (Å²) in [6, 6.07) is 8.30. The van der Waals surface area contributed by atoms with E-state index in [4.69, 9.17) is 0 Å². The van der Waals surface area contributed by atoms with E-state index in [9.17, 15) is 4.79 Å². The topological polar surface area (TPSA) is 41.1 Å². The Balaban J connectivity index is 2.15. The monoisotopic (exact) mass is 246 g/mol. The van der Waals surface area contributed by atoms with Crippen LogP contribution in [0.15, 0.2) is 24.3 Å². The molecule has 0 bridgehead atoms. The second-order valence-corrected chi connectivity index (χ2v) is 5.04. The molecule has 0 amide bonds. The van der Waals surface area contributed by atoms with Gasteiger partial charge in [0, 0.05) is 23.7 Å². The molecule has 3 heteroatoms. The molecule has 1 aliphatic rings.